The van der Waals surface area contributed by atoms with Gasteiger partial charge in [-0.1, -0.05) is 18.6 Å². The van der Waals surface area contributed by atoms with Gasteiger partial charge >= 0.3 is 6.09 Å². The van der Waals surface area contributed by atoms with Gasteiger partial charge in [-0.15, -0.1) is 0 Å². The standard InChI is InChI=1S/C22H33N5O2/c1-22(2,3)29-21(28)24-16-10-8-9-15(13-16)14-23-20-25-18-12-7-6-11-17(18)19(26-20)27(4)5/h6-7,11-12,15-16H,8-10,13-14H2,1-5H3,(H,24,28)(H,23,25,26). The van der Waals surface area contributed by atoms with Crippen LogP contribution in [0.4, 0.5) is 16.6 Å². The third-order valence-corrected chi connectivity index (χ3v) is 5.06. The zero-order valence-corrected chi connectivity index (χ0v) is 18.2. The van der Waals surface area contributed by atoms with Crippen LogP contribution in [0.25, 0.3) is 10.9 Å². The molecule has 2 N–H and O–H groups in total. The first-order chi connectivity index (χ1) is 13.7. The molecule has 0 saturated heterocycles. The molecule has 158 valence electrons. The van der Waals surface area contributed by atoms with Crippen LogP contribution in [0.15, 0.2) is 24.3 Å². The molecule has 2 unspecified atom stereocenters. The molecule has 1 aliphatic carbocycles. The fourth-order valence-corrected chi connectivity index (χ4v) is 3.80. The van der Waals surface area contributed by atoms with Gasteiger partial charge in [0.15, 0.2) is 0 Å². The number of fused-ring (bicyclic) bond motifs is 1. The van der Waals surface area contributed by atoms with Crippen molar-refractivity contribution in [2.45, 2.75) is 58.1 Å². The molecule has 1 saturated carbocycles. The van der Waals surface area contributed by atoms with Crippen LogP contribution in [0.1, 0.15) is 46.5 Å². The highest BCUT2D eigenvalue weighted by Gasteiger charge is 2.25. The maximum absolute atomic E-state index is 12.1. The topological polar surface area (TPSA) is 79.4 Å². The normalized spacial score (nSPS) is 19.6. The molecule has 1 heterocycles. The summed E-state index contributed by atoms with van der Waals surface area (Å²) >= 11 is 0. The molecule has 1 fully saturated rings. The molecule has 7 heteroatoms. The molecule has 29 heavy (non-hydrogen) atoms. The highest BCUT2D eigenvalue weighted by molar-refractivity contribution is 5.90. The summed E-state index contributed by atoms with van der Waals surface area (Å²) in [6.45, 7) is 6.43. The Balaban J connectivity index is 1.60. The highest BCUT2D eigenvalue weighted by atomic mass is 16.6. The Morgan fingerprint density at radius 1 is 1.21 bits per heavy atom. The summed E-state index contributed by atoms with van der Waals surface area (Å²) in [5.41, 5.74) is 0.457. The Hall–Kier alpha value is -2.57. The van der Waals surface area contributed by atoms with Crippen LogP contribution in [0, 0.1) is 5.92 Å². The van der Waals surface area contributed by atoms with Gasteiger partial charge in [0.1, 0.15) is 11.4 Å². The van der Waals surface area contributed by atoms with E-state index in [1.54, 1.807) is 0 Å². The number of hydrogen-bond acceptors (Lipinski definition) is 6. The van der Waals surface area contributed by atoms with Crippen LogP contribution < -0.4 is 15.5 Å². The largest absolute Gasteiger partial charge is 0.444 e. The van der Waals surface area contributed by atoms with E-state index >= 15 is 0 Å². The van der Waals surface area contributed by atoms with Gasteiger partial charge in [-0.25, -0.2) is 9.78 Å². The second-order valence-corrected chi connectivity index (χ2v) is 9.04. The van der Waals surface area contributed by atoms with Gasteiger partial charge < -0.3 is 20.3 Å². The summed E-state index contributed by atoms with van der Waals surface area (Å²) < 4.78 is 5.39. The quantitative estimate of drug-likeness (QED) is 0.785. The molecular weight excluding hydrogens is 366 g/mol. The third kappa shape index (κ3) is 5.95. The van der Waals surface area contributed by atoms with E-state index in [1.165, 1.54) is 0 Å². The van der Waals surface area contributed by atoms with E-state index in [0.717, 1.165) is 48.9 Å². The van der Waals surface area contributed by atoms with Gasteiger partial charge in [0.05, 0.1) is 5.52 Å². The number of para-hydroxylation sites is 1. The summed E-state index contributed by atoms with van der Waals surface area (Å²) in [7, 11) is 3.99. The highest BCUT2D eigenvalue weighted by Crippen LogP contribution is 2.27. The monoisotopic (exact) mass is 399 g/mol. The van der Waals surface area contributed by atoms with E-state index < -0.39 is 5.60 Å². The molecule has 0 bridgehead atoms. The molecule has 1 aliphatic rings. The van der Waals surface area contributed by atoms with Crippen molar-refractivity contribution >= 4 is 28.8 Å². The SMILES string of the molecule is CN(C)c1nc(NCC2CCCC(NC(=O)OC(C)(C)C)C2)nc2ccccc12. The molecular formula is C22H33N5O2. The van der Waals surface area contributed by atoms with E-state index in [9.17, 15) is 4.79 Å². The predicted molar refractivity (Wildman–Crippen MR) is 117 cm³/mol. The molecule has 1 aromatic heterocycles. The number of ether oxygens (including phenoxy) is 1. The number of amides is 1. The molecule has 3 rings (SSSR count). The summed E-state index contributed by atoms with van der Waals surface area (Å²) in [6, 6.07) is 8.21. The second-order valence-electron chi connectivity index (χ2n) is 9.04. The van der Waals surface area contributed by atoms with Gasteiger partial charge in [0.25, 0.3) is 0 Å². The van der Waals surface area contributed by atoms with Crippen LogP contribution in [0.5, 0.6) is 0 Å². The van der Waals surface area contributed by atoms with Crippen molar-refractivity contribution in [2.24, 2.45) is 5.92 Å². The van der Waals surface area contributed by atoms with Crippen LogP contribution in [-0.4, -0.2) is 48.3 Å². The van der Waals surface area contributed by atoms with E-state index in [4.69, 9.17) is 9.72 Å². The Kier molecular flexibility index (Phi) is 6.45. The van der Waals surface area contributed by atoms with E-state index in [1.807, 2.05) is 64.0 Å². The minimum atomic E-state index is -0.475. The van der Waals surface area contributed by atoms with Crippen molar-refractivity contribution < 1.29 is 9.53 Å². The van der Waals surface area contributed by atoms with E-state index in [-0.39, 0.29) is 12.1 Å². The van der Waals surface area contributed by atoms with Gasteiger partial charge in [0, 0.05) is 32.1 Å². The number of nitrogens with one attached hydrogen (secondary N) is 2. The average Bonchev–Trinajstić information content (AvgIpc) is 2.64. The van der Waals surface area contributed by atoms with Crippen molar-refractivity contribution in [1.82, 2.24) is 15.3 Å². The zero-order chi connectivity index (χ0) is 21.0. The molecule has 0 radical (unpaired) electrons. The molecule has 0 spiro atoms. The summed E-state index contributed by atoms with van der Waals surface area (Å²) in [4.78, 5) is 23.5. The fraction of sp³-hybridized carbons (Fsp3) is 0.591. The van der Waals surface area contributed by atoms with Gasteiger partial charge in [0.2, 0.25) is 5.95 Å². The van der Waals surface area contributed by atoms with Crippen LogP contribution in [0.3, 0.4) is 0 Å². The second kappa shape index (κ2) is 8.84. The van der Waals surface area contributed by atoms with E-state index in [0.29, 0.717) is 11.9 Å². The molecule has 2 atom stereocenters. The molecule has 7 nitrogen and oxygen atoms in total. The Morgan fingerprint density at radius 3 is 2.69 bits per heavy atom. The minimum absolute atomic E-state index is 0.153. The van der Waals surface area contributed by atoms with Crippen molar-refractivity contribution in [3.8, 4) is 0 Å². The third-order valence-electron chi connectivity index (χ3n) is 5.06. The molecule has 1 amide bonds. The number of hydrogen-bond donors (Lipinski definition) is 2. The lowest BCUT2D eigenvalue weighted by Gasteiger charge is -2.30. The van der Waals surface area contributed by atoms with E-state index in [2.05, 4.69) is 15.6 Å². The van der Waals surface area contributed by atoms with Gasteiger partial charge in [-0.3, -0.25) is 0 Å². The van der Waals surface area contributed by atoms with Crippen molar-refractivity contribution in [3.05, 3.63) is 24.3 Å². The number of carbonyl (C=O) groups is 1. The zero-order valence-electron chi connectivity index (χ0n) is 18.2. The lowest BCUT2D eigenvalue weighted by Crippen LogP contribution is -2.42. The molecule has 2 aromatic rings. The minimum Gasteiger partial charge on any atom is -0.444 e. The lowest BCUT2D eigenvalue weighted by atomic mass is 9.86. The first-order valence-corrected chi connectivity index (χ1v) is 10.4. The number of anilines is 2. The first kappa shape index (κ1) is 21.1. The summed E-state index contributed by atoms with van der Waals surface area (Å²) in [6.07, 6.45) is 3.82. The molecule has 1 aromatic carbocycles. The number of carbonyl (C=O) groups excluding carboxylic acids is 1. The van der Waals surface area contributed by atoms with Crippen molar-refractivity contribution in [1.29, 1.82) is 0 Å². The Bertz CT molecular complexity index is 847. The summed E-state index contributed by atoms with van der Waals surface area (Å²) in [5.74, 6) is 2.02. The number of aromatic nitrogens is 2. The van der Waals surface area contributed by atoms with Crippen LogP contribution in [0.2, 0.25) is 0 Å². The maximum Gasteiger partial charge on any atom is 0.407 e. The lowest BCUT2D eigenvalue weighted by molar-refractivity contribution is 0.0486. The Labute approximate surface area is 173 Å². The maximum atomic E-state index is 12.1. The number of rotatable bonds is 5. The van der Waals surface area contributed by atoms with Crippen LogP contribution >= 0.6 is 0 Å². The summed E-state index contributed by atoms with van der Waals surface area (Å²) in [5, 5.41) is 7.49. The number of benzene rings is 1. The fourth-order valence-electron chi connectivity index (χ4n) is 3.80. The predicted octanol–water partition coefficient (Wildman–Crippen LogP) is 4.19. The Morgan fingerprint density at radius 2 is 1.97 bits per heavy atom. The first-order valence-electron chi connectivity index (χ1n) is 10.4. The average molecular weight is 400 g/mol. The van der Waals surface area contributed by atoms with Crippen molar-refractivity contribution in [3.63, 3.8) is 0 Å². The smallest absolute Gasteiger partial charge is 0.407 e. The van der Waals surface area contributed by atoms with Gasteiger partial charge in [-0.05, 0) is 58.1 Å². The molecule has 0 aliphatic heterocycles. The number of alkyl carbamates (subject to hydrolysis) is 1. The number of nitrogens with zero attached hydrogens (tertiary/aromatic N) is 3. The van der Waals surface area contributed by atoms with Gasteiger partial charge in [-0.2, -0.15) is 4.98 Å². The van der Waals surface area contributed by atoms with Crippen molar-refractivity contribution in [2.75, 3.05) is 30.9 Å². The van der Waals surface area contributed by atoms with Crippen LogP contribution in [-0.2, 0) is 4.74 Å².